The van der Waals surface area contributed by atoms with Gasteiger partial charge in [0, 0.05) is 17.8 Å². The third-order valence-corrected chi connectivity index (χ3v) is 9.71. The number of ether oxygens (including phenoxy) is 1. The first kappa shape index (κ1) is 25.5. The quantitative estimate of drug-likeness (QED) is 0.563. The minimum atomic E-state index is -1.18. The van der Waals surface area contributed by atoms with Gasteiger partial charge in [-0.05, 0) is 75.6 Å². The summed E-state index contributed by atoms with van der Waals surface area (Å²) in [6, 6.07) is 4.82. The summed E-state index contributed by atoms with van der Waals surface area (Å²) in [4.78, 5) is 43.9. The number of nitrogens with zero attached hydrogens (tertiary/aromatic N) is 1. The van der Waals surface area contributed by atoms with E-state index in [0.29, 0.717) is 11.6 Å². The van der Waals surface area contributed by atoms with Gasteiger partial charge in [0.25, 0.3) is 0 Å². The lowest BCUT2D eigenvalue weighted by atomic mass is 9.70. The molecule has 1 spiro atoms. The summed E-state index contributed by atoms with van der Waals surface area (Å²) in [7, 11) is 0. The van der Waals surface area contributed by atoms with Crippen molar-refractivity contribution in [1.82, 2.24) is 10.2 Å². The van der Waals surface area contributed by atoms with Gasteiger partial charge in [-0.15, -0.1) is 0 Å². The van der Waals surface area contributed by atoms with Gasteiger partial charge in [-0.25, -0.2) is 4.39 Å². The highest BCUT2D eigenvalue weighted by molar-refractivity contribution is 6.03. The number of fused-ring (bicyclic) bond motifs is 1. The summed E-state index contributed by atoms with van der Waals surface area (Å²) >= 11 is 0. The molecule has 2 saturated carbocycles. The van der Waals surface area contributed by atoms with Gasteiger partial charge in [-0.1, -0.05) is 38.3 Å². The fourth-order valence-corrected chi connectivity index (χ4v) is 7.76. The van der Waals surface area contributed by atoms with Crippen molar-refractivity contribution < 1.29 is 23.5 Å². The van der Waals surface area contributed by atoms with E-state index in [0.717, 1.165) is 51.4 Å². The smallest absolute Gasteiger partial charge is 0.246 e. The highest BCUT2D eigenvalue weighted by atomic mass is 19.1. The first-order valence-corrected chi connectivity index (χ1v) is 14.3. The Hall–Kier alpha value is -2.74. The number of likely N-dealkylation sites (tertiary alicyclic amines) is 1. The first-order chi connectivity index (χ1) is 18.2. The molecule has 38 heavy (non-hydrogen) atoms. The summed E-state index contributed by atoms with van der Waals surface area (Å²) in [5.74, 6) is -2.08. The second kappa shape index (κ2) is 9.47. The standard InChI is InChI=1S/C30H38FN3O4/c1-18-8-14-22(15-9-18)34-25(27(36)33-20-6-4-3-5-7-20)30-17-16-29(2,38-30)23(24(30)28(34)37)26(35)32-21-12-10-19(31)11-13-21/h10-13,16-18,20,22-25H,3-9,14-15H2,1-2H3,(H,32,35)(H,33,36)/t18?,22?,23-,24+,25+,29+,30+/m1/s1. The number of carbonyl (C=O) groups is 3. The van der Waals surface area contributed by atoms with Crippen LogP contribution in [0.3, 0.4) is 0 Å². The van der Waals surface area contributed by atoms with Crippen LogP contribution in [0.1, 0.15) is 71.6 Å². The summed E-state index contributed by atoms with van der Waals surface area (Å²) in [6.07, 6.45) is 12.7. The molecule has 3 heterocycles. The van der Waals surface area contributed by atoms with Gasteiger partial charge in [0.05, 0.1) is 17.4 Å². The zero-order valence-electron chi connectivity index (χ0n) is 22.3. The van der Waals surface area contributed by atoms with Gasteiger partial charge in [-0.3, -0.25) is 14.4 Å². The minimum absolute atomic E-state index is 0.0505. The lowest BCUT2D eigenvalue weighted by Gasteiger charge is -2.40. The van der Waals surface area contributed by atoms with E-state index in [1.165, 1.54) is 30.7 Å². The van der Waals surface area contributed by atoms with Gasteiger partial charge in [0.2, 0.25) is 17.7 Å². The first-order valence-electron chi connectivity index (χ1n) is 14.3. The van der Waals surface area contributed by atoms with E-state index >= 15 is 0 Å². The number of halogens is 1. The second-order valence-electron chi connectivity index (χ2n) is 12.3. The zero-order valence-corrected chi connectivity index (χ0v) is 22.3. The van der Waals surface area contributed by atoms with E-state index in [-0.39, 0.29) is 29.8 Å². The number of carbonyl (C=O) groups excluding carboxylic acids is 3. The van der Waals surface area contributed by atoms with Crippen molar-refractivity contribution in [3.63, 3.8) is 0 Å². The Bertz CT molecular complexity index is 1140. The van der Waals surface area contributed by atoms with Crippen LogP contribution in [0, 0.1) is 23.6 Å². The average molecular weight is 524 g/mol. The van der Waals surface area contributed by atoms with Crippen LogP contribution < -0.4 is 10.6 Å². The van der Waals surface area contributed by atoms with Crippen LogP contribution >= 0.6 is 0 Å². The molecule has 5 atom stereocenters. The van der Waals surface area contributed by atoms with E-state index < -0.39 is 34.9 Å². The lowest BCUT2D eigenvalue weighted by Crippen LogP contribution is -2.59. The molecule has 6 rings (SSSR count). The molecule has 7 nitrogen and oxygen atoms in total. The predicted molar refractivity (Wildman–Crippen MR) is 140 cm³/mol. The van der Waals surface area contributed by atoms with Crippen LogP contribution in [-0.2, 0) is 19.1 Å². The maximum atomic E-state index is 14.3. The monoisotopic (exact) mass is 523 g/mol. The number of benzene rings is 1. The molecule has 8 heteroatoms. The maximum absolute atomic E-state index is 14.3. The number of hydrogen-bond acceptors (Lipinski definition) is 4. The highest BCUT2D eigenvalue weighted by Crippen LogP contribution is 2.60. The molecule has 2 aliphatic carbocycles. The molecule has 3 aliphatic heterocycles. The Labute approximate surface area is 223 Å². The largest absolute Gasteiger partial charge is 0.356 e. The Morgan fingerprint density at radius 2 is 1.66 bits per heavy atom. The number of hydrogen-bond donors (Lipinski definition) is 2. The molecule has 3 amide bonds. The van der Waals surface area contributed by atoms with Crippen LogP contribution in [0.5, 0.6) is 0 Å². The second-order valence-corrected chi connectivity index (χ2v) is 12.3. The summed E-state index contributed by atoms with van der Waals surface area (Å²) in [5, 5.41) is 6.14. The van der Waals surface area contributed by atoms with Crippen LogP contribution in [0.4, 0.5) is 10.1 Å². The summed E-state index contributed by atoms with van der Waals surface area (Å²) in [6.45, 7) is 4.05. The average Bonchev–Trinajstić information content (AvgIpc) is 3.47. The fourth-order valence-electron chi connectivity index (χ4n) is 7.76. The molecule has 2 bridgehead atoms. The number of amides is 3. The molecule has 1 aromatic rings. The van der Waals surface area contributed by atoms with E-state index in [1.54, 1.807) is 4.90 Å². The van der Waals surface area contributed by atoms with Crippen molar-refractivity contribution >= 4 is 23.4 Å². The maximum Gasteiger partial charge on any atom is 0.246 e. The molecule has 5 aliphatic rings. The molecule has 4 fully saturated rings. The van der Waals surface area contributed by atoms with Gasteiger partial charge in [-0.2, -0.15) is 0 Å². The summed E-state index contributed by atoms with van der Waals surface area (Å²) < 4.78 is 20.1. The molecule has 1 aromatic carbocycles. The molecule has 0 unspecified atom stereocenters. The van der Waals surface area contributed by atoms with Crippen molar-refractivity contribution in [3.05, 3.63) is 42.2 Å². The SMILES string of the molecule is CC1CCC(N2C(=O)[C@@H]3[C@H](C(=O)Nc4ccc(F)cc4)[C@]4(C)C=C[C@@]3(O4)[C@@H]2C(=O)NC2CCCCC2)CC1. The molecular formula is C30H38FN3O4. The van der Waals surface area contributed by atoms with E-state index in [4.69, 9.17) is 4.74 Å². The molecule has 204 valence electrons. The number of anilines is 1. The van der Waals surface area contributed by atoms with Crippen molar-refractivity contribution in [3.8, 4) is 0 Å². The zero-order chi connectivity index (χ0) is 26.7. The fraction of sp³-hybridized carbons (Fsp3) is 0.633. The van der Waals surface area contributed by atoms with Gasteiger partial charge >= 0.3 is 0 Å². The minimum Gasteiger partial charge on any atom is -0.356 e. The van der Waals surface area contributed by atoms with Crippen LogP contribution in [0.15, 0.2) is 36.4 Å². The molecule has 0 aromatic heterocycles. The number of nitrogens with one attached hydrogen (secondary N) is 2. The van der Waals surface area contributed by atoms with E-state index in [9.17, 15) is 18.8 Å². The third kappa shape index (κ3) is 4.07. The van der Waals surface area contributed by atoms with Crippen LogP contribution in [-0.4, -0.2) is 51.9 Å². The van der Waals surface area contributed by atoms with Crippen LogP contribution in [0.2, 0.25) is 0 Å². The Kier molecular flexibility index (Phi) is 6.36. The number of rotatable bonds is 5. The van der Waals surface area contributed by atoms with Crippen LogP contribution in [0.25, 0.3) is 0 Å². The topological polar surface area (TPSA) is 87.7 Å². The third-order valence-electron chi connectivity index (χ3n) is 9.71. The molecular weight excluding hydrogens is 485 g/mol. The Balaban J connectivity index is 1.34. The highest BCUT2D eigenvalue weighted by Gasteiger charge is 2.76. The van der Waals surface area contributed by atoms with Crippen molar-refractivity contribution in [2.24, 2.45) is 17.8 Å². The van der Waals surface area contributed by atoms with Crippen molar-refractivity contribution in [2.45, 2.75) is 101 Å². The van der Waals surface area contributed by atoms with E-state index in [1.807, 2.05) is 19.1 Å². The molecule has 2 saturated heterocycles. The Morgan fingerprint density at radius 1 is 0.974 bits per heavy atom. The van der Waals surface area contributed by atoms with E-state index in [2.05, 4.69) is 17.6 Å². The summed E-state index contributed by atoms with van der Waals surface area (Å²) in [5.41, 5.74) is -1.74. The predicted octanol–water partition coefficient (Wildman–Crippen LogP) is 4.33. The van der Waals surface area contributed by atoms with Crippen molar-refractivity contribution in [2.75, 3.05) is 5.32 Å². The molecule has 2 N–H and O–H groups in total. The Morgan fingerprint density at radius 3 is 2.34 bits per heavy atom. The van der Waals surface area contributed by atoms with Crippen molar-refractivity contribution in [1.29, 1.82) is 0 Å². The van der Waals surface area contributed by atoms with Gasteiger partial charge < -0.3 is 20.3 Å². The molecule has 0 radical (unpaired) electrons. The van der Waals surface area contributed by atoms with Gasteiger partial charge in [0.1, 0.15) is 17.5 Å². The normalized spacial score (nSPS) is 38.3. The lowest BCUT2D eigenvalue weighted by molar-refractivity contribution is -0.147. The van der Waals surface area contributed by atoms with Gasteiger partial charge in [0.15, 0.2) is 0 Å².